The highest BCUT2D eigenvalue weighted by molar-refractivity contribution is 5.87. The number of carbonyl (C=O) groups excluding carboxylic acids is 1. The second kappa shape index (κ2) is 6.04. The smallest absolute Gasteiger partial charge is 0.222 e. The second-order valence-corrected chi connectivity index (χ2v) is 3.19. The fraction of sp³-hybridized carbons (Fsp3) is 0.400. The molecule has 0 aromatic carbocycles. The Balaban J connectivity index is 2.56. The molecule has 0 spiro atoms. The minimum Gasteiger partial charge on any atom is -0.475 e. The van der Waals surface area contributed by atoms with Gasteiger partial charge in [-0.05, 0) is 6.07 Å². The van der Waals surface area contributed by atoms with Crippen LogP contribution in [0.2, 0.25) is 0 Å². The van der Waals surface area contributed by atoms with E-state index in [0.29, 0.717) is 5.82 Å². The Morgan fingerprint density at radius 1 is 1.62 bits per heavy atom. The second-order valence-electron chi connectivity index (χ2n) is 3.19. The van der Waals surface area contributed by atoms with Crippen molar-refractivity contribution in [3.63, 3.8) is 0 Å². The zero-order valence-electron chi connectivity index (χ0n) is 8.88. The van der Waals surface area contributed by atoms with E-state index in [1.165, 1.54) is 6.92 Å². The van der Waals surface area contributed by atoms with Crippen LogP contribution in [-0.2, 0) is 4.79 Å². The zero-order valence-corrected chi connectivity index (χ0v) is 8.88. The van der Waals surface area contributed by atoms with Crippen molar-refractivity contribution in [1.82, 2.24) is 4.98 Å². The van der Waals surface area contributed by atoms with E-state index in [2.05, 4.69) is 10.3 Å². The number of anilines is 1. The molecule has 0 aliphatic carbocycles. The van der Waals surface area contributed by atoms with Gasteiger partial charge in [-0.25, -0.2) is 0 Å². The van der Waals surface area contributed by atoms with Crippen LogP contribution in [0.5, 0.6) is 5.88 Å². The monoisotopic (exact) mass is 226 g/mol. The zero-order chi connectivity index (χ0) is 12.0. The molecular weight excluding hydrogens is 212 g/mol. The van der Waals surface area contributed by atoms with E-state index in [9.17, 15) is 4.79 Å². The quantitative estimate of drug-likeness (QED) is 0.645. The Bertz CT molecular complexity index is 356. The van der Waals surface area contributed by atoms with Gasteiger partial charge in [0.05, 0.1) is 6.61 Å². The highest BCUT2D eigenvalue weighted by Gasteiger charge is 2.04. The lowest BCUT2D eigenvalue weighted by Gasteiger charge is -2.09. The predicted octanol–water partition coefficient (Wildman–Crippen LogP) is -0.228. The summed E-state index contributed by atoms with van der Waals surface area (Å²) in [7, 11) is 0. The Kier molecular flexibility index (Phi) is 4.68. The molecule has 1 rings (SSSR count). The number of hydrogen-bond acceptors (Lipinski definition) is 5. The van der Waals surface area contributed by atoms with Gasteiger partial charge in [0.2, 0.25) is 11.8 Å². The van der Waals surface area contributed by atoms with E-state index >= 15 is 0 Å². The molecule has 1 aromatic heterocycles. The Morgan fingerprint density at radius 2 is 2.38 bits per heavy atom. The first kappa shape index (κ1) is 12.4. The maximum absolute atomic E-state index is 10.8. The molecule has 6 nitrogen and oxygen atoms in total. The summed E-state index contributed by atoms with van der Waals surface area (Å²) in [6, 6.07) is 4.88. The van der Waals surface area contributed by atoms with Crippen LogP contribution in [0.15, 0.2) is 18.2 Å². The van der Waals surface area contributed by atoms with Crippen molar-refractivity contribution in [1.29, 1.82) is 0 Å². The van der Waals surface area contributed by atoms with E-state index < -0.39 is 6.10 Å². The van der Waals surface area contributed by atoms with Gasteiger partial charge in [0.1, 0.15) is 18.5 Å². The molecule has 0 bridgehead atoms. The van der Waals surface area contributed by atoms with E-state index in [-0.39, 0.29) is 25.0 Å². The molecule has 0 saturated carbocycles. The molecule has 1 atom stereocenters. The maximum atomic E-state index is 10.8. The standard InChI is InChI=1S/C10H14N2O4/c1-7(14)11-9-3-2-4-10(12-9)16-6-8(15)5-13/h2-4,8,13,15H,5-6H2,1H3,(H,11,12,14)/t8-/m0/s1. The predicted molar refractivity (Wildman–Crippen MR) is 57.1 cm³/mol. The number of aliphatic hydroxyl groups is 2. The van der Waals surface area contributed by atoms with Gasteiger partial charge in [0.25, 0.3) is 0 Å². The summed E-state index contributed by atoms with van der Waals surface area (Å²) in [4.78, 5) is 14.7. The molecule has 3 N–H and O–H groups in total. The van der Waals surface area contributed by atoms with Gasteiger partial charge in [-0.3, -0.25) is 4.79 Å². The fourth-order valence-electron chi connectivity index (χ4n) is 0.979. The first-order valence-electron chi connectivity index (χ1n) is 4.78. The van der Waals surface area contributed by atoms with Crippen molar-refractivity contribution in [2.75, 3.05) is 18.5 Å². The minimum atomic E-state index is -0.939. The molecule has 0 fully saturated rings. The van der Waals surface area contributed by atoms with E-state index in [4.69, 9.17) is 14.9 Å². The van der Waals surface area contributed by atoms with Crippen LogP contribution >= 0.6 is 0 Å². The molecule has 1 aromatic rings. The van der Waals surface area contributed by atoms with Crippen LogP contribution in [0, 0.1) is 0 Å². The van der Waals surface area contributed by atoms with Crippen LogP contribution in [-0.4, -0.2) is 40.4 Å². The molecule has 0 radical (unpaired) electrons. The first-order chi connectivity index (χ1) is 7.61. The van der Waals surface area contributed by atoms with Crippen LogP contribution in [0.1, 0.15) is 6.92 Å². The summed E-state index contributed by atoms with van der Waals surface area (Å²) in [6.45, 7) is 0.961. The summed E-state index contributed by atoms with van der Waals surface area (Å²) in [5.74, 6) is 0.433. The van der Waals surface area contributed by atoms with Crippen LogP contribution in [0.4, 0.5) is 5.82 Å². The lowest BCUT2D eigenvalue weighted by atomic mass is 10.4. The molecule has 0 unspecified atom stereocenters. The number of rotatable bonds is 5. The number of pyridine rings is 1. The molecule has 0 saturated heterocycles. The number of hydrogen-bond donors (Lipinski definition) is 3. The third kappa shape index (κ3) is 4.24. The Hall–Kier alpha value is -1.66. The fourth-order valence-corrected chi connectivity index (χ4v) is 0.979. The van der Waals surface area contributed by atoms with Crippen molar-refractivity contribution in [2.24, 2.45) is 0 Å². The van der Waals surface area contributed by atoms with Gasteiger partial charge in [-0.15, -0.1) is 0 Å². The van der Waals surface area contributed by atoms with Gasteiger partial charge in [-0.1, -0.05) is 6.07 Å². The highest BCUT2D eigenvalue weighted by atomic mass is 16.5. The summed E-state index contributed by atoms with van der Waals surface area (Å²) >= 11 is 0. The normalized spacial score (nSPS) is 11.9. The lowest BCUT2D eigenvalue weighted by Crippen LogP contribution is -2.21. The molecule has 88 valence electrons. The molecule has 0 aliphatic heterocycles. The number of aliphatic hydroxyl groups excluding tert-OH is 2. The van der Waals surface area contributed by atoms with Gasteiger partial charge < -0.3 is 20.3 Å². The number of amides is 1. The summed E-state index contributed by atoms with van der Waals surface area (Å²) in [5, 5.41) is 20.1. The number of ether oxygens (including phenoxy) is 1. The van der Waals surface area contributed by atoms with Crippen molar-refractivity contribution < 1.29 is 19.7 Å². The van der Waals surface area contributed by atoms with Gasteiger partial charge >= 0.3 is 0 Å². The molecule has 1 heterocycles. The minimum absolute atomic E-state index is 0.0486. The van der Waals surface area contributed by atoms with Crippen molar-refractivity contribution in [2.45, 2.75) is 13.0 Å². The van der Waals surface area contributed by atoms with Crippen molar-refractivity contribution >= 4 is 11.7 Å². The average Bonchev–Trinajstić information content (AvgIpc) is 2.25. The highest BCUT2D eigenvalue weighted by Crippen LogP contribution is 2.11. The van der Waals surface area contributed by atoms with Gasteiger partial charge in [0.15, 0.2) is 0 Å². The Labute approximate surface area is 92.9 Å². The van der Waals surface area contributed by atoms with E-state index in [0.717, 1.165) is 0 Å². The molecule has 6 heteroatoms. The summed E-state index contributed by atoms with van der Waals surface area (Å²) in [6.07, 6.45) is -0.939. The van der Waals surface area contributed by atoms with E-state index in [1.54, 1.807) is 18.2 Å². The molecule has 16 heavy (non-hydrogen) atoms. The average molecular weight is 226 g/mol. The SMILES string of the molecule is CC(=O)Nc1cccc(OC[C@@H](O)CO)n1. The third-order valence-electron chi connectivity index (χ3n) is 1.66. The summed E-state index contributed by atoms with van der Waals surface area (Å²) in [5.41, 5.74) is 0. The number of nitrogens with one attached hydrogen (secondary N) is 1. The number of aromatic nitrogens is 1. The van der Waals surface area contributed by atoms with E-state index in [1.807, 2.05) is 0 Å². The molecule has 0 aliphatic rings. The lowest BCUT2D eigenvalue weighted by molar-refractivity contribution is -0.114. The number of nitrogens with zero attached hydrogens (tertiary/aromatic N) is 1. The maximum Gasteiger partial charge on any atom is 0.222 e. The van der Waals surface area contributed by atoms with Crippen molar-refractivity contribution in [3.8, 4) is 5.88 Å². The van der Waals surface area contributed by atoms with Crippen LogP contribution in [0.3, 0.4) is 0 Å². The molecule has 1 amide bonds. The van der Waals surface area contributed by atoms with Gasteiger partial charge in [-0.2, -0.15) is 4.98 Å². The van der Waals surface area contributed by atoms with Crippen LogP contribution in [0.25, 0.3) is 0 Å². The van der Waals surface area contributed by atoms with Gasteiger partial charge in [0, 0.05) is 13.0 Å². The van der Waals surface area contributed by atoms with Crippen molar-refractivity contribution in [3.05, 3.63) is 18.2 Å². The topological polar surface area (TPSA) is 91.7 Å². The number of carbonyl (C=O) groups is 1. The Morgan fingerprint density at radius 3 is 3.00 bits per heavy atom. The molecular formula is C10H14N2O4. The summed E-state index contributed by atoms with van der Waals surface area (Å²) < 4.78 is 5.11. The largest absolute Gasteiger partial charge is 0.475 e. The first-order valence-corrected chi connectivity index (χ1v) is 4.78. The van der Waals surface area contributed by atoms with Crippen LogP contribution < -0.4 is 10.1 Å². The third-order valence-corrected chi connectivity index (χ3v) is 1.66.